The van der Waals surface area contributed by atoms with Gasteiger partial charge in [-0.05, 0) is 91.8 Å². The molecule has 4 aliphatic carbocycles. The molecule has 0 radical (unpaired) electrons. The van der Waals surface area contributed by atoms with Crippen molar-refractivity contribution in [1.82, 2.24) is 0 Å². The van der Waals surface area contributed by atoms with E-state index in [9.17, 15) is 5.11 Å². The predicted molar refractivity (Wildman–Crippen MR) is 119 cm³/mol. The zero-order valence-corrected chi connectivity index (χ0v) is 19.7. The van der Waals surface area contributed by atoms with Gasteiger partial charge in [0.15, 0.2) is 0 Å². The summed E-state index contributed by atoms with van der Waals surface area (Å²) in [6.07, 6.45) is 14.2. The van der Waals surface area contributed by atoms with Crippen LogP contribution in [0.15, 0.2) is 0 Å². The molecule has 2 nitrogen and oxygen atoms in total. The van der Waals surface area contributed by atoms with Crippen LogP contribution >= 0.6 is 0 Å². The molecule has 1 aliphatic heterocycles. The summed E-state index contributed by atoms with van der Waals surface area (Å²) >= 11 is 0. The quantitative estimate of drug-likeness (QED) is 0.536. The summed E-state index contributed by atoms with van der Waals surface area (Å²) in [6, 6.07) is 0. The molecule has 4 saturated carbocycles. The average molecular weight is 403 g/mol. The van der Waals surface area contributed by atoms with Gasteiger partial charge in [0.1, 0.15) is 6.10 Å². The van der Waals surface area contributed by atoms with E-state index in [1.54, 1.807) is 0 Å². The van der Waals surface area contributed by atoms with Crippen LogP contribution in [0, 0.1) is 52.3 Å². The minimum absolute atomic E-state index is 0.167. The van der Waals surface area contributed by atoms with Crippen LogP contribution in [0.25, 0.3) is 0 Å². The van der Waals surface area contributed by atoms with E-state index in [2.05, 4.69) is 34.6 Å². The Bertz CT molecular complexity index is 616. The minimum atomic E-state index is -0.189. The van der Waals surface area contributed by atoms with Gasteiger partial charge in [-0.1, -0.05) is 53.9 Å². The molecule has 1 saturated heterocycles. The van der Waals surface area contributed by atoms with Crippen LogP contribution in [0.4, 0.5) is 0 Å². The van der Waals surface area contributed by atoms with Gasteiger partial charge in [-0.2, -0.15) is 0 Å². The SMILES string of the molecule is CC(C)CCC[C@@H](C)[C@@H]1CC[C@@H]2[C@@H]3CC[C@H]4C[C@H](O)[C@@H]5O[C@@H]5[C@]4(C)[C@@H]3CC[C@]21C. The van der Waals surface area contributed by atoms with E-state index in [0.717, 1.165) is 41.9 Å². The lowest BCUT2D eigenvalue weighted by Gasteiger charge is -2.60. The Hall–Kier alpha value is -0.0800. The topological polar surface area (TPSA) is 32.8 Å². The van der Waals surface area contributed by atoms with Crippen LogP contribution in [0.3, 0.4) is 0 Å². The van der Waals surface area contributed by atoms with Crippen LogP contribution < -0.4 is 0 Å². The largest absolute Gasteiger partial charge is 0.390 e. The van der Waals surface area contributed by atoms with Crippen molar-refractivity contribution in [3.05, 3.63) is 0 Å². The Morgan fingerprint density at radius 1 is 0.966 bits per heavy atom. The van der Waals surface area contributed by atoms with Gasteiger partial charge in [0.05, 0.1) is 12.2 Å². The normalized spacial score (nSPS) is 54.3. The number of aliphatic hydroxyl groups is 1. The van der Waals surface area contributed by atoms with Crippen molar-refractivity contribution in [2.45, 2.75) is 117 Å². The van der Waals surface area contributed by atoms with Gasteiger partial charge in [0, 0.05) is 5.41 Å². The van der Waals surface area contributed by atoms with Crippen LogP contribution in [0.5, 0.6) is 0 Å². The Labute approximate surface area is 179 Å². The fourth-order valence-corrected chi connectivity index (χ4v) is 9.65. The number of ether oxygens (including phenoxy) is 1. The summed E-state index contributed by atoms with van der Waals surface area (Å²) in [7, 11) is 0. The lowest BCUT2D eigenvalue weighted by Crippen LogP contribution is -2.57. The lowest BCUT2D eigenvalue weighted by atomic mass is 9.44. The third-order valence-corrected chi connectivity index (χ3v) is 11.2. The summed E-state index contributed by atoms with van der Waals surface area (Å²) in [4.78, 5) is 0. The standard InChI is InChI=1S/C27H46O2/c1-16(2)7-6-8-17(3)20-11-12-21-19-10-9-18-15-23(28)24-25(29-24)27(18,5)22(19)13-14-26(20,21)4/h16-25,28H,6-15H2,1-5H3/t17-,18+,19+,20+,21-,22-,23+,24+,25+,26+,27+/m1/s1. The second-order valence-corrected chi connectivity index (χ2v) is 12.9. The molecular weight excluding hydrogens is 356 g/mol. The molecule has 1 heterocycles. The van der Waals surface area contributed by atoms with Crippen molar-refractivity contribution in [2.24, 2.45) is 52.3 Å². The summed E-state index contributed by atoms with van der Waals surface area (Å²) in [6.45, 7) is 12.6. The lowest BCUT2D eigenvalue weighted by molar-refractivity contribution is -0.122. The molecule has 0 aromatic rings. The maximum atomic E-state index is 10.4. The van der Waals surface area contributed by atoms with Gasteiger partial charge in [-0.3, -0.25) is 0 Å². The van der Waals surface area contributed by atoms with E-state index >= 15 is 0 Å². The molecule has 1 N–H and O–H groups in total. The summed E-state index contributed by atoms with van der Waals surface area (Å²) in [5.41, 5.74) is 0.925. The second kappa shape index (κ2) is 7.22. The van der Waals surface area contributed by atoms with Crippen LogP contribution in [-0.2, 0) is 4.74 Å². The fourth-order valence-electron chi connectivity index (χ4n) is 9.65. The maximum absolute atomic E-state index is 10.4. The van der Waals surface area contributed by atoms with Crippen LogP contribution in [0.2, 0.25) is 0 Å². The molecule has 5 fully saturated rings. The van der Waals surface area contributed by atoms with E-state index < -0.39 is 0 Å². The predicted octanol–water partition coefficient (Wildman–Crippen LogP) is 6.46. The molecule has 166 valence electrons. The highest BCUT2D eigenvalue weighted by Crippen LogP contribution is 2.70. The Kier molecular flexibility index (Phi) is 5.18. The van der Waals surface area contributed by atoms with Crippen molar-refractivity contribution in [3.8, 4) is 0 Å². The first-order valence-electron chi connectivity index (χ1n) is 13.1. The van der Waals surface area contributed by atoms with Gasteiger partial charge >= 0.3 is 0 Å². The van der Waals surface area contributed by atoms with Crippen LogP contribution in [0.1, 0.15) is 98.8 Å². The van der Waals surface area contributed by atoms with E-state index in [0.29, 0.717) is 22.9 Å². The number of fused-ring (bicyclic) bond motifs is 7. The Morgan fingerprint density at radius 2 is 1.76 bits per heavy atom. The molecule has 11 atom stereocenters. The summed E-state index contributed by atoms with van der Waals surface area (Å²) in [5, 5.41) is 10.4. The third-order valence-electron chi connectivity index (χ3n) is 11.2. The van der Waals surface area contributed by atoms with Crippen molar-refractivity contribution in [2.75, 3.05) is 0 Å². The molecule has 0 aromatic heterocycles. The highest BCUT2D eigenvalue weighted by atomic mass is 16.6. The Balaban J connectivity index is 1.31. The molecule has 0 aromatic carbocycles. The first-order chi connectivity index (χ1) is 13.8. The zero-order valence-electron chi connectivity index (χ0n) is 19.7. The molecule has 0 unspecified atom stereocenters. The first-order valence-corrected chi connectivity index (χ1v) is 13.1. The fraction of sp³-hybridized carbons (Fsp3) is 1.00. The number of rotatable bonds is 5. The van der Waals surface area contributed by atoms with Crippen LogP contribution in [-0.4, -0.2) is 23.4 Å². The monoisotopic (exact) mass is 402 g/mol. The van der Waals surface area contributed by atoms with Gasteiger partial charge in [0.25, 0.3) is 0 Å². The number of hydrogen-bond acceptors (Lipinski definition) is 2. The van der Waals surface area contributed by atoms with E-state index in [1.807, 2.05) is 0 Å². The van der Waals surface area contributed by atoms with Crippen molar-refractivity contribution in [3.63, 3.8) is 0 Å². The number of epoxide rings is 1. The molecule has 2 heteroatoms. The minimum Gasteiger partial charge on any atom is -0.390 e. The highest BCUT2D eigenvalue weighted by Gasteiger charge is 2.69. The van der Waals surface area contributed by atoms with E-state index in [-0.39, 0.29) is 12.2 Å². The molecule has 0 amide bonds. The van der Waals surface area contributed by atoms with Crippen molar-refractivity contribution < 1.29 is 9.84 Å². The summed E-state index contributed by atoms with van der Waals surface area (Å²) in [5.74, 6) is 6.10. The molecule has 0 bridgehead atoms. The molecule has 29 heavy (non-hydrogen) atoms. The highest BCUT2D eigenvalue weighted by molar-refractivity contribution is 5.17. The van der Waals surface area contributed by atoms with Crippen molar-refractivity contribution >= 4 is 0 Å². The molecule has 5 rings (SSSR count). The maximum Gasteiger partial charge on any atom is 0.111 e. The Morgan fingerprint density at radius 3 is 2.52 bits per heavy atom. The van der Waals surface area contributed by atoms with Gasteiger partial charge in [-0.15, -0.1) is 0 Å². The second-order valence-electron chi connectivity index (χ2n) is 12.9. The van der Waals surface area contributed by atoms with E-state index in [4.69, 9.17) is 4.74 Å². The van der Waals surface area contributed by atoms with E-state index in [1.165, 1.54) is 57.8 Å². The zero-order chi connectivity index (χ0) is 20.6. The summed E-state index contributed by atoms with van der Waals surface area (Å²) < 4.78 is 6.12. The number of aliphatic hydroxyl groups excluding tert-OH is 1. The molecular formula is C27H46O2. The number of hydrogen-bond donors (Lipinski definition) is 1. The first kappa shape index (κ1) is 20.8. The van der Waals surface area contributed by atoms with Crippen molar-refractivity contribution in [1.29, 1.82) is 0 Å². The van der Waals surface area contributed by atoms with Gasteiger partial charge in [0.2, 0.25) is 0 Å². The van der Waals surface area contributed by atoms with Gasteiger partial charge < -0.3 is 9.84 Å². The third kappa shape index (κ3) is 3.09. The molecule has 0 spiro atoms. The average Bonchev–Trinajstić information content (AvgIpc) is 3.40. The smallest absolute Gasteiger partial charge is 0.111 e. The van der Waals surface area contributed by atoms with Gasteiger partial charge in [-0.25, -0.2) is 0 Å². The molecule has 5 aliphatic rings.